The molecular weight excluding hydrogens is 156 g/mol. The molecule has 0 radical (unpaired) electrons. The highest BCUT2D eigenvalue weighted by molar-refractivity contribution is 4.62. The Balaban J connectivity index is 3.58. The molecular formula is C13H28. The SMILES string of the molecule is CCCC(CC)CCC(C)C(C)C. The second-order valence-electron chi connectivity index (χ2n) is 4.86. The molecule has 2 unspecified atom stereocenters. The highest BCUT2D eigenvalue weighted by Crippen LogP contribution is 2.23. The lowest BCUT2D eigenvalue weighted by Gasteiger charge is -2.19. The van der Waals surface area contributed by atoms with Gasteiger partial charge < -0.3 is 0 Å². The van der Waals surface area contributed by atoms with Crippen LogP contribution in [0.5, 0.6) is 0 Å². The quantitative estimate of drug-likeness (QED) is 0.528. The first-order valence-electron chi connectivity index (χ1n) is 6.11. The van der Waals surface area contributed by atoms with Crippen LogP contribution in [0.3, 0.4) is 0 Å². The molecule has 0 aliphatic carbocycles. The number of rotatable bonds is 7. The number of hydrogen-bond acceptors (Lipinski definition) is 0. The predicted octanol–water partition coefficient (Wildman–Crippen LogP) is 4.89. The van der Waals surface area contributed by atoms with Gasteiger partial charge in [0.1, 0.15) is 0 Å². The van der Waals surface area contributed by atoms with E-state index in [0.717, 1.165) is 17.8 Å². The number of hydrogen-bond donors (Lipinski definition) is 0. The Kier molecular flexibility index (Phi) is 7.41. The van der Waals surface area contributed by atoms with E-state index in [1.165, 1.54) is 32.1 Å². The lowest BCUT2D eigenvalue weighted by atomic mass is 9.87. The van der Waals surface area contributed by atoms with Crippen LogP contribution >= 0.6 is 0 Å². The van der Waals surface area contributed by atoms with E-state index in [4.69, 9.17) is 0 Å². The zero-order valence-electron chi connectivity index (χ0n) is 10.3. The van der Waals surface area contributed by atoms with Crippen LogP contribution in [0, 0.1) is 17.8 Å². The molecule has 2 atom stereocenters. The minimum atomic E-state index is 0.860. The summed E-state index contributed by atoms with van der Waals surface area (Å²) < 4.78 is 0. The van der Waals surface area contributed by atoms with Gasteiger partial charge in [0.25, 0.3) is 0 Å². The van der Waals surface area contributed by atoms with Crippen molar-refractivity contribution in [2.75, 3.05) is 0 Å². The Hall–Kier alpha value is 0. The van der Waals surface area contributed by atoms with Gasteiger partial charge in [0.15, 0.2) is 0 Å². The monoisotopic (exact) mass is 184 g/mol. The molecule has 0 aromatic carbocycles. The van der Waals surface area contributed by atoms with Gasteiger partial charge >= 0.3 is 0 Å². The predicted molar refractivity (Wildman–Crippen MR) is 61.9 cm³/mol. The van der Waals surface area contributed by atoms with E-state index in [0.29, 0.717) is 0 Å². The zero-order chi connectivity index (χ0) is 10.3. The van der Waals surface area contributed by atoms with Crippen LogP contribution in [0.4, 0.5) is 0 Å². The maximum atomic E-state index is 2.39. The molecule has 0 spiro atoms. The maximum absolute atomic E-state index is 2.39. The molecule has 0 heteroatoms. The van der Waals surface area contributed by atoms with Gasteiger partial charge in [-0.3, -0.25) is 0 Å². The summed E-state index contributed by atoms with van der Waals surface area (Å²) in [6.45, 7) is 11.7. The van der Waals surface area contributed by atoms with Crippen molar-refractivity contribution >= 4 is 0 Å². The van der Waals surface area contributed by atoms with Crippen LogP contribution < -0.4 is 0 Å². The molecule has 0 aromatic heterocycles. The van der Waals surface area contributed by atoms with Gasteiger partial charge in [-0.15, -0.1) is 0 Å². The molecule has 13 heavy (non-hydrogen) atoms. The molecule has 80 valence electrons. The van der Waals surface area contributed by atoms with Crippen molar-refractivity contribution in [2.45, 2.75) is 66.7 Å². The van der Waals surface area contributed by atoms with Gasteiger partial charge in [-0.2, -0.15) is 0 Å². The first kappa shape index (κ1) is 13.0. The Labute approximate surface area is 85.1 Å². The smallest absolute Gasteiger partial charge is 0.0417 e. The third-order valence-electron chi connectivity index (χ3n) is 3.44. The Bertz CT molecular complexity index is 105. The van der Waals surface area contributed by atoms with Crippen LogP contribution in [0.2, 0.25) is 0 Å². The average Bonchev–Trinajstić information content (AvgIpc) is 2.11. The molecule has 0 fully saturated rings. The molecule has 0 N–H and O–H groups in total. The fraction of sp³-hybridized carbons (Fsp3) is 1.00. The Morgan fingerprint density at radius 3 is 1.85 bits per heavy atom. The van der Waals surface area contributed by atoms with E-state index in [1.807, 2.05) is 0 Å². The van der Waals surface area contributed by atoms with Crippen molar-refractivity contribution in [3.05, 3.63) is 0 Å². The summed E-state index contributed by atoms with van der Waals surface area (Å²) in [6.07, 6.45) is 7.04. The van der Waals surface area contributed by atoms with Crippen molar-refractivity contribution in [3.63, 3.8) is 0 Å². The molecule has 0 aliphatic rings. The largest absolute Gasteiger partial charge is 0.0654 e. The molecule has 0 amide bonds. The Morgan fingerprint density at radius 2 is 1.46 bits per heavy atom. The summed E-state index contributed by atoms with van der Waals surface area (Å²) in [6, 6.07) is 0. The van der Waals surface area contributed by atoms with E-state index in [2.05, 4.69) is 34.6 Å². The van der Waals surface area contributed by atoms with Crippen molar-refractivity contribution in [2.24, 2.45) is 17.8 Å². The van der Waals surface area contributed by atoms with E-state index < -0.39 is 0 Å². The third-order valence-corrected chi connectivity index (χ3v) is 3.44. The van der Waals surface area contributed by atoms with Crippen molar-refractivity contribution in [1.82, 2.24) is 0 Å². The summed E-state index contributed by atoms with van der Waals surface area (Å²) in [5, 5.41) is 0. The third kappa shape index (κ3) is 6.12. The normalized spacial score (nSPS) is 16.2. The van der Waals surface area contributed by atoms with Crippen molar-refractivity contribution in [3.8, 4) is 0 Å². The average molecular weight is 184 g/mol. The van der Waals surface area contributed by atoms with Gasteiger partial charge in [-0.1, -0.05) is 66.7 Å². The van der Waals surface area contributed by atoms with Gasteiger partial charge in [0.2, 0.25) is 0 Å². The van der Waals surface area contributed by atoms with Crippen LogP contribution in [-0.4, -0.2) is 0 Å². The summed E-state index contributed by atoms with van der Waals surface area (Å²) in [7, 11) is 0. The lowest BCUT2D eigenvalue weighted by molar-refractivity contribution is 0.327. The van der Waals surface area contributed by atoms with Crippen molar-refractivity contribution < 1.29 is 0 Å². The van der Waals surface area contributed by atoms with E-state index in [1.54, 1.807) is 0 Å². The second kappa shape index (κ2) is 7.41. The molecule has 0 rings (SSSR count). The lowest BCUT2D eigenvalue weighted by Crippen LogP contribution is -2.07. The standard InChI is InChI=1S/C13H28/c1-6-8-13(7-2)10-9-12(5)11(3)4/h11-13H,6-10H2,1-5H3. The fourth-order valence-electron chi connectivity index (χ4n) is 1.79. The first-order chi connectivity index (χ1) is 6.11. The highest BCUT2D eigenvalue weighted by atomic mass is 14.2. The van der Waals surface area contributed by atoms with Gasteiger partial charge in [-0.25, -0.2) is 0 Å². The highest BCUT2D eigenvalue weighted by Gasteiger charge is 2.10. The fourth-order valence-corrected chi connectivity index (χ4v) is 1.79. The topological polar surface area (TPSA) is 0 Å². The van der Waals surface area contributed by atoms with Crippen LogP contribution in [-0.2, 0) is 0 Å². The zero-order valence-corrected chi connectivity index (χ0v) is 10.3. The molecule has 0 aliphatic heterocycles. The van der Waals surface area contributed by atoms with E-state index in [9.17, 15) is 0 Å². The second-order valence-corrected chi connectivity index (χ2v) is 4.86. The van der Waals surface area contributed by atoms with Gasteiger partial charge in [-0.05, 0) is 17.8 Å². The van der Waals surface area contributed by atoms with Gasteiger partial charge in [0.05, 0.1) is 0 Å². The van der Waals surface area contributed by atoms with E-state index in [-0.39, 0.29) is 0 Å². The first-order valence-corrected chi connectivity index (χ1v) is 6.11. The minimum absolute atomic E-state index is 0.860. The minimum Gasteiger partial charge on any atom is -0.0654 e. The summed E-state index contributed by atoms with van der Waals surface area (Å²) in [5.74, 6) is 2.76. The molecule has 0 nitrogen and oxygen atoms in total. The summed E-state index contributed by atoms with van der Waals surface area (Å²) in [4.78, 5) is 0. The van der Waals surface area contributed by atoms with Crippen LogP contribution in [0.1, 0.15) is 66.7 Å². The van der Waals surface area contributed by atoms with Crippen molar-refractivity contribution in [1.29, 1.82) is 0 Å². The molecule has 0 saturated heterocycles. The molecule has 0 heterocycles. The van der Waals surface area contributed by atoms with Gasteiger partial charge in [0, 0.05) is 0 Å². The van der Waals surface area contributed by atoms with E-state index >= 15 is 0 Å². The van der Waals surface area contributed by atoms with Crippen LogP contribution in [0.25, 0.3) is 0 Å². The Morgan fingerprint density at radius 1 is 0.846 bits per heavy atom. The maximum Gasteiger partial charge on any atom is -0.0417 e. The molecule has 0 saturated carbocycles. The summed E-state index contributed by atoms with van der Waals surface area (Å²) >= 11 is 0. The van der Waals surface area contributed by atoms with Crippen LogP contribution in [0.15, 0.2) is 0 Å². The molecule has 0 bridgehead atoms. The summed E-state index contributed by atoms with van der Waals surface area (Å²) in [5.41, 5.74) is 0. The molecule has 0 aromatic rings.